The number of ether oxygens (including phenoxy) is 3. The summed E-state index contributed by atoms with van der Waals surface area (Å²) in [6, 6.07) is 7.49. The quantitative estimate of drug-likeness (QED) is 0.644. The first kappa shape index (κ1) is 19.0. The number of imidazole rings is 1. The molecule has 0 aliphatic heterocycles. The Morgan fingerprint density at radius 3 is 2.56 bits per heavy atom. The van der Waals surface area contributed by atoms with Gasteiger partial charge in [0.2, 0.25) is 5.75 Å². The first-order valence-corrected chi connectivity index (χ1v) is 8.99. The molecule has 3 aromatic rings. The molecule has 8 heteroatoms. The number of aromatic nitrogens is 2. The molecule has 3 rings (SSSR count). The summed E-state index contributed by atoms with van der Waals surface area (Å²) in [5.74, 6) is 0.936. The second-order valence-corrected chi connectivity index (χ2v) is 6.61. The Kier molecular flexibility index (Phi) is 5.55. The van der Waals surface area contributed by atoms with Crippen molar-refractivity contribution in [3.05, 3.63) is 51.9 Å². The molecule has 0 unspecified atom stereocenters. The summed E-state index contributed by atoms with van der Waals surface area (Å²) in [7, 11) is 4.52. The maximum Gasteiger partial charge on any atom is 0.253 e. The van der Waals surface area contributed by atoms with Gasteiger partial charge in [-0.15, -0.1) is 0 Å². The average molecular weight is 434 g/mol. The van der Waals surface area contributed by atoms with Crippen LogP contribution in [0.3, 0.4) is 0 Å². The fourth-order valence-electron chi connectivity index (χ4n) is 2.84. The van der Waals surface area contributed by atoms with E-state index in [4.69, 9.17) is 14.2 Å². The van der Waals surface area contributed by atoms with Crippen LogP contribution in [0, 0.1) is 6.92 Å². The van der Waals surface area contributed by atoms with E-state index in [1.165, 1.54) is 21.3 Å². The highest BCUT2D eigenvalue weighted by molar-refractivity contribution is 9.10. The molecule has 0 saturated carbocycles. The van der Waals surface area contributed by atoms with Crippen LogP contribution in [0.1, 0.15) is 21.7 Å². The highest BCUT2D eigenvalue weighted by Crippen LogP contribution is 2.44. The first-order valence-electron chi connectivity index (χ1n) is 8.20. The molecule has 0 aliphatic carbocycles. The number of hydrogen-bond donors (Lipinski definition) is 1. The smallest absolute Gasteiger partial charge is 0.253 e. The van der Waals surface area contributed by atoms with Gasteiger partial charge in [0.25, 0.3) is 5.91 Å². The van der Waals surface area contributed by atoms with Crippen molar-refractivity contribution in [1.82, 2.24) is 14.7 Å². The number of pyridine rings is 1. The largest absolute Gasteiger partial charge is 0.493 e. The Morgan fingerprint density at radius 1 is 1.19 bits per heavy atom. The molecule has 27 heavy (non-hydrogen) atoms. The molecule has 142 valence electrons. The third-order valence-corrected chi connectivity index (χ3v) is 4.98. The van der Waals surface area contributed by atoms with E-state index in [0.717, 1.165) is 17.0 Å². The lowest BCUT2D eigenvalue weighted by Gasteiger charge is -2.16. The molecule has 2 aromatic heterocycles. The molecule has 1 aromatic carbocycles. The van der Waals surface area contributed by atoms with Gasteiger partial charge >= 0.3 is 0 Å². The van der Waals surface area contributed by atoms with Crippen LogP contribution < -0.4 is 19.5 Å². The van der Waals surface area contributed by atoms with Crippen LogP contribution in [0.25, 0.3) is 5.65 Å². The van der Waals surface area contributed by atoms with Crippen LogP contribution in [0.15, 0.2) is 34.9 Å². The first-order chi connectivity index (χ1) is 13.0. The number of fused-ring (bicyclic) bond motifs is 1. The number of hydrogen-bond acceptors (Lipinski definition) is 5. The number of carbonyl (C=O) groups excluding carboxylic acids is 1. The summed E-state index contributed by atoms with van der Waals surface area (Å²) in [4.78, 5) is 17.3. The van der Waals surface area contributed by atoms with E-state index in [1.807, 2.05) is 35.7 Å². The normalized spacial score (nSPS) is 10.7. The van der Waals surface area contributed by atoms with Crippen molar-refractivity contribution in [2.75, 3.05) is 21.3 Å². The van der Waals surface area contributed by atoms with Gasteiger partial charge in [0.05, 0.1) is 43.6 Å². The van der Waals surface area contributed by atoms with E-state index in [-0.39, 0.29) is 5.91 Å². The number of nitrogens with zero attached hydrogens (tertiary/aromatic N) is 2. The predicted octanol–water partition coefficient (Wildman–Crippen LogP) is 3.36. The fourth-order valence-corrected chi connectivity index (χ4v) is 3.47. The SMILES string of the molecule is COc1cc(C(=O)NCc2cn3c(C)cccc3n2)c(Br)c(OC)c1OC. The summed E-state index contributed by atoms with van der Waals surface area (Å²) in [5.41, 5.74) is 3.06. The van der Waals surface area contributed by atoms with Crippen LogP contribution in [0.4, 0.5) is 0 Å². The van der Waals surface area contributed by atoms with Crippen LogP contribution in [0.2, 0.25) is 0 Å². The van der Waals surface area contributed by atoms with Crippen molar-refractivity contribution in [1.29, 1.82) is 0 Å². The predicted molar refractivity (Wildman–Crippen MR) is 105 cm³/mol. The molecule has 0 spiro atoms. The van der Waals surface area contributed by atoms with Gasteiger partial charge in [-0.2, -0.15) is 0 Å². The second-order valence-electron chi connectivity index (χ2n) is 5.82. The minimum absolute atomic E-state index is 0.282. The third-order valence-electron chi connectivity index (χ3n) is 4.19. The van der Waals surface area contributed by atoms with E-state index in [2.05, 4.69) is 26.2 Å². The number of rotatable bonds is 6. The molecule has 0 aliphatic rings. The van der Waals surface area contributed by atoms with E-state index in [0.29, 0.717) is 33.8 Å². The number of carbonyl (C=O) groups is 1. The monoisotopic (exact) mass is 433 g/mol. The van der Waals surface area contributed by atoms with E-state index < -0.39 is 0 Å². The highest BCUT2D eigenvalue weighted by Gasteiger charge is 2.22. The number of methoxy groups -OCH3 is 3. The third kappa shape index (κ3) is 3.57. The van der Waals surface area contributed by atoms with Gasteiger partial charge in [0.1, 0.15) is 5.65 Å². The zero-order chi connectivity index (χ0) is 19.6. The minimum atomic E-state index is -0.282. The maximum absolute atomic E-state index is 12.7. The number of aryl methyl sites for hydroxylation is 1. The average Bonchev–Trinajstić information content (AvgIpc) is 3.10. The summed E-state index contributed by atoms with van der Waals surface area (Å²) in [5, 5.41) is 2.88. The van der Waals surface area contributed by atoms with E-state index in [1.54, 1.807) is 6.07 Å². The van der Waals surface area contributed by atoms with Gasteiger partial charge < -0.3 is 23.9 Å². The van der Waals surface area contributed by atoms with Gasteiger partial charge in [-0.1, -0.05) is 6.07 Å². The Labute approximate surface area is 165 Å². The van der Waals surface area contributed by atoms with Gasteiger partial charge in [0, 0.05) is 11.9 Å². The summed E-state index contributed by atoms with van der Waals surface area (Å²) >= 11 is 3.42. The highest BCUT2D eigenvalue weighted by atomic mass is 79.9. The van der Waals surface area contributed by atoms with Crippen molar-refractivity contribution in [3.8, 4) is 17.2 Å². The van der Waals surface area contributed by atoms with Crippen LogP contribution >= 0.6 is 15.9 Å². The molecule has 0 saturated heterocycles. The zero-order valence-electron chi connectivity index (χ0n) is 15.5. The Hall–Kier alpha value is -2.74. The number of nitrogens with one attached hydrogen (secondary N) is 1. The van der Waals surface area contributed by atoms with Gasteiger partial charge in [0.15, 0.2) is 11.5 Å². The lowest BCUT2D eigenvalue weighted by Crippen LogP contribution is -2.23. The number of benzene rings is 1. The van der Waals surface area contributed by atoms with Crippen LogP contribution in [0.5, 0.6) is 17.2 Å². The Balaban J connectivity index is 1.86. The number of halogens is 1. The van der Waals surface area contributed by atoms with E-state index >= 15 is 0 Å². The minimum Gasteiger partial charge on any atom is -0.493 e. The van der Waals surface area contributed by atoms with Crippen molar-refractivity contribution >= 4 is 27.5 Å². The van der Waals surface area contributed by atoms with Gasteiger partial charge in [-0.3, -0.25) is 4.79 Å². The van der Waals surface area contributed by atoms with Crippen molar-refractivity contribution < 1.29 is 19.0 Å². The fraction of sp³-hybridized carbons (Fsp3) is 0.263. The van der Waals surface area contributed by atoms with Crippen molar-refractivity contribution in [2.45, 2.75) is 13.5 Å². The second kappa shape index (κ2) is 7.87. The van der Waals surface area contributed by atoms with Crippen molar-refractivity contribution in [3.63, 3.8) is 0 Å². The summed E-state index contributed by atoms with van der Waals surface area (Å²) in [6.07, 6.45) is 1.91. The zero-order valence-corrected chi connectivity index (χ0v) is 17.1. The summed E-state index contributed by atoms with van der Waals surface area (Å²) < 4.78 is 18.5. The lowest BCUT2D eigenvalue weighted by molar-refractivity contribution is 0.0948. The summed E-state index contributed by atoms with van der Waals surface area (Å²) in [6.45, 7) is 2.30. The molecule has 7 nitrogen and oxygen atoms in total. The molecule has 1 N–H and O–H groups in total. The van der Waals surface area contributed by atoms with Crippen LogP contribution in [-0.4, -0.2) is 36.6 Å². The molecule has 1 amide bonds. The van der Waals surface area contributed by atoms with Crippen LogP contribution in [-0.2, 0) is 6.54 Å². The molecule has 2 heterocycles. The van der Waals surface area contributed by atoms with Gasteiger partial charge in [-0.05, 0) is 41.1 Å². The maximum atomic E-state index is 12.7. The molecular weight excluding hydrogens is 414 g/mol. The molecule has 0 atom stereocenters. The Morgan fingerprint density at radius 2 is 1.93 bits per heavy atom. The molecule has 0 bridgehead atoms. The molecule has 0 radical (unpaired) electrons. The lowest BCUT2D eigenvalue weighted by atomic mass is 10.1. The van der Waals surface area contributed by atoms with Gasteiger partial charge in [-0.25, -0.2) is 4.98 Å². The Bertz CT molecular complexity index is 1000. The number of amides is 1. The molecular formula is C19H20BrN3O4. The standard InChI is InChI=1S/C19H20BrN3O4/c1-11-6-5-7-15-22-12(10-23(11)15)9-21-19(24)13-8-14(25-2)17(26-3)18(27-4)16(13)20/h5-8,10H,9H2,1-4H3,(H,21,24). The van der Waals surface area contributed by atoms with Crippen molar-refractivity contribution in [2.24, 2.45) is 0 Å². The molecule has 0 fully saturated rings. The topological polar surface area (TPSA) is 74.1 Å². The van der Waals surface area contributed by atoms with E-state index in [9.17, 15) is 4.79 Å².